The molecule has 1 rings (SSSR count). The van der Waals surface area contributed by atoms with E-state index in [1.54, 1.807) is 7.11 Å². The lowest BCUT2D eigenvalue weighted by molar-refractivity contribution is 0.225. The molecule has 1 saturated carbocycles. The summed E-state index contributed by atoms with van der Waals surface area (Å²) in [6.07, 6.45) is 6.13. The minimum atomic E-state index is 0.767. The van der Waals surface area contributed by atoms with Gasteiger partial charge >= 0.3 is 0 Å². The number of hydrogen-bond donors (Lipinski definition) is 1. The van der Waals surface area contributed by atoms with Crippen LogP contribution in [0.5, 0.6) is 0 Å². The normalized spacial score (nSPS) is 18.3. The Kier molecular flexibility index (Phi) is 4.33. The molecular weight excluding hydrogens is 150 g/mol. The van der Waals surface area contributed by atoms with E-state index in [4.69, 9.17) is 4.74 Å². The lowest BCUT2D eigenvalue weighted by Crippen LogP contribution is -2.16. The quantitative estimate of drug-likeness (QED) is 0.483. The highest BCUT2D eigenvalue weighted by Gasteiger charge is 2.19. The number of nitrogens with one attached hydrogen (secondary N) is 1. The van der Waals surface area contributed by atoms with Gasteiger partial charge in [0.15, 0.2) is 0 Å². The van der Waals surface area contributed by atoms with E-state index in [1.807, 2.05) is 0 Å². The molecule has 0 spiro atoms. The molecule has 1 aliphatic carbocycles. The molecule has 0 aromatic carbocycles. The predicted molar refractivity (Wildman–Crippen MR) is 51.3 cm³/mol. The van der Waals surface area contributed by atoms with Gasteiger partial charge in [-0.05, 0) is 32.7 Å². The van der Waals surface area contributed by atoms with Gasteiger partial charge in [0.1, 0.15) is 0 Å². The van der Waals surface area contributed by atoms with Crippen LogP contribution >= 0.6 is 0 Å². The van der Waals surface area contributed by atoms with Crippen LogP contribution in [0.2, 0.25) is 0 Å². The van der Waals surface area contributed by atoms with Gasteiger partial charge in [-0.3, -0.25) is 0 Å². The van der Waals surface area contributed by atoms with Gasteiger partial charge in [-0.1, -0.05) is 11.6 Å². The first kappa shape index (κ1) is 9.75. The molecular formula is C10H19NO. The van der Waals surface area contributed by atoms with Crippen molar-refractivity contribution in [2.75, 3.05) is 20.3 Å². The fourth-order valence-electron chi connectivity index (χ4n) is 1.18. The Bertz CT molecular complexity index is 150. The average Bonchev–Trinajstić information content (AvgIpc) is 2.82. The van der Waals surface area contributed by atoms with Gasteiger partial charge in [-0.15, -0.1) is 0 Å². The van der Waals surface area contributed by atoms with Crippen LogP contribution in [-0.2, 0) is 4.74 Å². The van der Waals surface area contributed by atoms with Crippen molar-refractivity contribution in [1.29, 1.82) is 0 Å². The van der Waals surface area contributed by atoms with E-state index in [9.17, 15) is 0 Å². The lowest BCUT2D eigenvalue weighted by atomic mass is 10.2. The Morgan fingerprint density at radius 2 is 2.33 bits per heavy atom. The van der Waals surface area contributed by atoms with Crippen molar-refractivity contribution in [1.82, 2.24) is 5.32 Å². The van der Waals surface area contributed by atoms with Gasteiger partial charge < -0.3 is 10.1 Å². The SMILES string of the molecule is COCC(C)=CCCNC1CC1. The van der Waals surface area contributed by atoms with Crippen molar-refractivity contribution in [2.45, 2.75) is 32.2 Å². The summed E-state index contributed by atoms with van der Waals surface area (Å²) < 4.78 is 5.01. The van der Waals surface area contributed by atoms with Gasteiger partial charge in [0, 0.05) is 13.2 Å². The Morgan fingerprint density at radius 1 is 1.58 bits per heavy atom. The third-order valence-electron chi connectivity index (χ3n) is 2.02. The van der Waals surface area contributed by atoms with Crippen molar-refractivity contribution in [2.24, 2.45) is 0 Å². The molecule has 1 aliphatic rings. The third kappa shape index (κ3) is 4.52. The minimum Gasteiger partial charge on any atom is -0.380 e. The third-order valence-corrected chi connectivity index (χ3v) is 2.02. The van der Waals surface area contributed by atoms with E-state index in [2.05, 4.69) is 18.3 Å². The van der Waals surface area contributed by atoms with Crippen LogP contribution < -0.4 is 5.32 Å². The number of rotatable bonds is 6. The van der Waals surface area contributed by atoms with Crippen LogP contribution in [0, 0.1) is 0 Å². The largest absolute Gasteiger partial charge is 0.380 e. The van der Waals surface area contributed by atoms with E-state index < -0.39 is 0 Å². The Labute approximate surface area is 75.0 Å². The fourth-order valence-corrected chi connectivity index (χ4v) is 1.18. The summed E-state index contributed by atoms with van der Waals surface area (Å²) in [5.41, 5.74) is 1.33. The van der Waals surface area contributed by atoms with Gasteiger partial charge in [-0.2, -0.15) is 0 Å². The molecule has 1 N–H and O–H groups in total. The maximum atomic E-state index is 5.01. The molecule has 0 amide bonds. The maximum Gasteiger partial charge on any atom is 0.0670 e. The van der Waals surface area contributed by atoms with Gasteiger partial charge in [0.25, 0.3) is 0 Å². The van der Waals surface area contributed by atoms with Crippen molar-refractivity contribution < 1.29 is 4.74 Å². The first-order chi connectivity index (χ1) is 5.83. The Morgan fingerprint density at radius 3 is 2.92 bits per heavy atom. The van der Waals surface area contributed by atoms with E-state index in [0.717, 1.165) is 25.6 Å². The maximum absolute atomic E-state index is 5.01. The first-order valence-electron chi connectivity index (χ1n) is 4.71. The molecule has 0 saturated heterocycles. The summed E-state index contributed by atoms with van der Waals surface area (Å²) in [5.74, 6) is 0. The number of methoxy groups -OCH3 is 1. The zero-order valence-electron chi connectivity index (χ0n) is 8.10. The molecule has 0 unspecified atom stereocenters. The van der Waals surface area contributed by atoms with E-state index in [-0.39, 0.29) is 0 Å². The minimum absolute atomic E-state index is 0.767. The van der Waals surface area contributed by atoms with Gasteiger partial charge in [-0.25, -0.2) is 0 Å². The summed E-state index contributed by atoms with van der Waals surface area (Å²) >= 11 is 0. The Balaban J connectivity index is 1.94. The van der Waals surface area contributed by atoms with Gasteiger partial charge in [0.05, 0.1) is 6.61 Å². The zero-order chi connectivity index (χ0) is 8.81. The summed E-state index contributed by atoms with van der Waals surface area (Å²) in [5, 5.41) is 3.47. The second kappa shape index (κ2) is 5.33. The molecule has 0 aromatic rings. The smallest absolute Gasteiger partial charge is 0.0670 e. The molecule has 0 atom stereocenters. The summed E-state index contributed by atoms with van der Waals surface area (Å²) in [6.45, 7) is 4.00. The molecule has 0 heterocycles. The molecule has 0 aliphatic heterocycles. The molecule has 2 nitrogen and oxygen atoms in total. The summed E-state index contributed by atoms with van der Waals surface area (Å²) in [6, 6.07) is 0.834. The van der Waals surface area contributed by atoms with Crippen LogP contribution in [-0.4, -0.2) is 26.3 Å². The molecule has 1 fully saturated rings. The van der Waals surface area contributed by atoms with Crippen LogP contribution in [0.25, 0.3) is 0 Å². The van der Waals surface area contributed by atoms with E-state index in [0.29, 0.717) is 0 Å². The Hall–Kier alpha value is -0.340. The predicted octanol–water partition coefficient (Wildman–Crippen LogP) is 1.72. The second-order valence-electron chi connectivity index (χ2n) is 3.50. The second-order valence-corrected chi connectivity index (χ2v) is 3.50. The van der Waals surface area contributed by atoms with Crippen LogP contribution in [0.1, 0.15) is 26.2 Å². The topological polar surface area (TPSA) is 21.3 Å². The summed E-state index contributed by atoms with van der Waals surface area (Å²) in [7, 11) is 1.74. The molecule has 0 aromatic heterocycles. The fraction of sp³-hybridized carbons (Fsp3) is 0.800. The molecule has 0 bridgehead atoms. The standard InChI is InChI=1S/C10H19NO/c1-9(8-12-2)4-3-7-11-10-5-6-10/h4,10-11H,3,5-8H2,1-2H3. The van der Waals surface area contributed by atoms with Gasteiger partial charge in [0.2, 0.25) is 0 Å². The van der Waals surface area contributed by atoms with Crippen molar-refractivity contribution >= 4 is 0 Å². The van der Waals surface area contributed by atoms with Crippen LogP contribution in [0.4, 0.5) is 0 Å². The molecule has 0 radical (unpaired) electrons. The van der Waals surface area contributed by atoms with Crippen molar-refractivity contribution in [3.05, 3.63) is 11.6 Å². The van der Waals surface area contributed by atoms with Crippen LogP contribution in [0.3, 0.4) is 0 Å². The van der Waals surface area contributed by atoms with Crippen molar-refractivity contribution in [3.63, 3.8) is 0 Å². The van der Waals surface area contributed by atoms with Crippen molar-refractivity contribution in [3.8, 4) is 0 Å². The highest BCUT2D eigenvalue weighted by Crippen LogP contribution is 2.18. The first-order valence-corrected chi connectivity index (χ1v) is 4.71. The molecule has 70 valence electrons. The summed E-state index contributed by atoms with van der Waals surface area (Å²) in [4.78, 5) is 0. The van der Waals surface area contributed by atoms with E-state index in [1.165, 1.54) is 18.4 Å². The highest BCUT2D eigenvalue weighted by atomic mass is 16.5. The molecule has 12 heavy (non-hydrogen) atoms. The van der Waals surface area contributed by atoms with E-state index >= 15 is 0 Å². The molecule has 2 heteroatoms. The zero-order valence-corrected chi connectivity index (χ0v) is 8.10. The van der Waals surface area contributed by atoms with Crippen LogP contribution in [0.15, 0.2) is 11.6 Å². The number of hydrogen-bond acceptors (Lipinski definition) is 2. The lowest BCUT2D eigenvalue weighted by Gasteiger charge is -2.00. The highest BCUT2D eigenvalue weighted by molar-refractivity contribution is 4.98. The monoisotopic (exact) mass is 169 g/mol. The average molecular weight is 169 g/mol. The number of ether oxygens (including phenoxy) is 1.